The van der Waals surface area contributed by atoms with E-state index >= 15 is 0 Å². The Balaban J connectivity index is 1.45. The van der Waals surface area contributed by atoms with Gasteiger partial charge in [-0.15, -0.1) is 0 Å². The van der Waals surface area contributed by atoms with E-state index in [9.17, 15) is 14.9 Å². The van der Waals surface area contributed by atoms with Crippen LogP contribution >= 0.6 is 0 Å². The molecule has 0 atom stereocenters. The third kappa shape index (κ3) is 4.48. The summed E-state index contributed by atoms with van der Waals surface area (Å²) in [5.74, 6) is -0.956. The average Bonchev–Trinajstić information content (AvgIpc) is 2.73. The first kappa shape index (κ1) is 19.4. The number of carboxylic acids is 1. The second-order valence-corrected chi connectivity index (χ2v) is 7.64. The van der Waals surface area contributed by atoms with Crippen molar-refractivity contribution >= 4 is 11.9 Å². The van der Waals surface area contributed by atoms with Crippen LogP contribution in [0.25, 0.3) is 0 Å². The molecule has 1 aromatic carbocycles. The second kappa shape index (κ2) is 8.53. The quantitative estimate of drug-likeness (QED) is 0.860. The molecule has 27 heavy (non-hydrogen) atoms. The minimum Gasteiger partial charge on any atom is -0.481 e. The van der Waals surface area contributed by atoms with E-state index in [1.54, 1.807) is 4.90 Å². The van der Waals surface area contributed by atoms with E-state index in [1.807, 2.05) is 30.3 Å². The van der Waals surface area contributed by atoms with Gasteiger partial charge in [0.1, 0.15) is 0 Å². The van der Waals surface area contributed by atoms with Crippen LogP contribution in [0.2, 0.25) is 0 Å². The van der Waals surface area contributed by atoms with Gasteiger partial charge in [-0.05, 0) is 44.3 Å². The van der Waals surface area contributed by atoms with E-state index < -0.39 is 11.4 Å². The zero-order valence-corrected chi connectivity index (χ0v) is 15.6. The van der Waals surface area contributed by atoms with Crippen molar-refractivity contribution in [2.75, 3.05) is 32.7 Å². The number of hydrogen-bond donors (Lipinski definition) is 1. The maximum Gasteiger partial charge on any atom is 0.306 e. The van der Waals surface area contributed by atoms with E-state index in [4.69, 9.17) is 5.11 Å². The van der Waals surface area contributed by atoms with E-state index in [-0.39, 0.29) is 11.8 Å². The fraction of sp³-hybridized carbons (Fsp3) is 0.571. The molecule has 144 valence electrons. The molecule has 0 aliphatic carbocycles. The molecular weight excluding hydrogens is 342 g/mol. The Morgan fingerprint density at radius 1 is 1.11 bits per heavy atom. The molecular formula is C21H27N3O3. The number of benzene rings is 1. The Bertz CT molecular complexity index is 697. The summed E-state index contributed by atoms with van der Waals surface area (Å²) in [4.78, 5) is 27.5. The molecule has 6 heteroatoms. The predicted molar refractivity (Wildman–Crippen MR) is 101 cm³/mol. The van der Waals surface area contributed by atoms with Crippen LogP contribution in [-0.4, -0.2) is 59.5 Å². The minimum absolute atomic E-state index is 0.110. The summed E-state index contributed by atoms with van der Waals surface area (Å²) in [5.41, 5.74) is 0.671. The van der Waals surface area contributed by atoms with Crippen molar-refractivity contribution in [2.45, 2.75) is 37.5 Å². The molecule has 3 rings (SSSR count). The van der Waals surface area contributed by atoms with Crippen LogP contribution in [0.4, 0.5) is 0 Å². The highest BCUT2D eigenvalue weighted by atomic mass is 16.4. The lowest BCUT2D eigenvalue weighted by Crippen LogP contribution is -2.44. The molecule has 0 saturated carbocycles. The summed E-state index contributed by atoms with van der Waals surface area (Å²) in [6.45, 7) is 3.42. The first-order valence-electron chi connectivity index (χ1n) is 9.74. The fourth-order valence-electron chi connectivity index (χ4n) is 4.17. The summed E-state index contributed by atoms with van der Waals surface area (Å²) >= 11 is 0. The normalized spacial score (nSPS) is 20.8. The molecule has 2 heterocycles. The maximum absolute atomic E-state index is 12.4. The van der Waals surface area contributed by atoms with Crippen molar-refractivity contribution in [3.05, 3.63) is 35.9 Å². The predicted octanol–water partition coefficient (Wildman–Crippen LogP) is 2.26. The SMILES string of the molecule is N#CC1(c2ccccc2)CCN(CCC(=O)N2CCC(C(=O)O)CC2)CC1. The van der Waals surface area contributed by atoms with Crippen LogP contribution < -0.4 is 0 Å². The molecule has 2 fully saturated rings. The molecule has 0 unspecified atom stereocenters. The van der Waals surface area contributed by atoms with Gasteiger partial charge in [0.2, 0.25) is 5.91 Å². The molecule has 1 aromatic rings. The Hall–Kier alpha value is -2.39. The zero-order valence-electron chi connectivity index (χ0n) is 15.6. The molecule has 0 bridgehead atoms. The van der Waals surface area contributed by atoms with Gasteiger partial charge in [0.15, 0.2) is 0 Å². The lowest BCUT2D eigenvalue weighted by molar-refractivity contribution is -0.145. The van der Waals surface area contributed by atoms with E-state index in [0.29, 0.717) is 38.9 Å². The number of aliphatic carboxylic acids is 1. The summed E-state index contributed by atoms with van der Waals surface area (Å²) in [6, 6.07) is 12.5. The number of amides is 1. The van der Waals surface area contributed by atoms with Crippen molar-refractivity contribution in [1.29, 1.82) is 5.26 Å². The van der Waals surface area contributed by atoms with Gasteiger partial charge in [-0.3, -0.25) is 9.59 Å². The van der Waals surface area contributed by atoms with Crippen LogP contribution in [0, 0.1) is 17.2 Å². The monoisotopic (exact) mass is 369 g/mol. The maximum atomic E-state index is 12.4. The van der Waals surface area contributed by atoms with Gasteiger partial charge in [0, 0.05) is 26.1 Å². The molecule has 6 nitrogen and oxygen atoms in total. The lowest BCUT2D eigenvalue weighted by atomic mass is 9.74. The summed E-state index contributed by atoms with van der Waals surface area (Å²) < 4.78 is 0. The number of carbonyl (C=O) groups is 2. The van der Waals surface area contributed by atoms with Gasteiger partial charge in [-0.1, -0.05) is 30.3 Å². The van der Waals surface area contributed by atoms with Crippen LogP contribution in [0.15, 0.2) is 30.3 Å². The molecule has 1 N–H and O–H groups in total. The van der Waals surface area contributed by atoms with Gasteiger partial charge in [0.05, 0.1) is 17.4 Å². The third-order valence-electron chi connectivity index (χ3n) is 6.09. The van der Waals surface area contributed by atoms with Crippen molar-refractivity contribution < 1.29 is 14.7 Å². The van der Waals surface area contributed by atoms with Gasteiger partial charge < -0.3 is 14.9 Å². The molecule has 0 radical (unpaired) electrons. The molecule has 2 aliphatic heterocycles. The summed E-state index contributed by atoms with van der Waals surface area (Å²) in [7, 11) is 0. The lowest BCUT2D eigenvalue weighted by Gasteiger charge is -2.38. The Labute approximate surface area is 160 Å². The largest absolute Gasteiger partial charge is 0.481 e. The van der Waals surface area contributed by atoms with Gasteiger partial charge >= 0.3 is 5.97 Å². The zero-order chi connectivity index (χ0) is 19.3. The van der Waals surface area contributed by atoms with Crippen LogP contribution in [-0.2, 0) is 15.0 Å². The van der Waals surface area contributed by atoms with Crippen molar-refractivity contribution in [2.24, 2.45) is 5.92 Å². The van der Waals surface area contributed by atoms with E-state index in [0.717, 1.165) is 31.5 Å². The van der Waals surface area contributed by atoms with Crippen LogP contribution in [0.5, 0.6) is 0 Å². The number of rotatable bonds is 5. The third-order valence-corrected chi connectivity index (χ3v) is 6.09. The molecule has 0 aromatic heterocycles. The number of piperidine rings is 2. The average molecular weight is 369 g/mol. The highest BCUT2D eigenvalue weighted by Gasteiger charge is 2.36. The standard InChI is InChI=1S/C21H27N3O3/c22-16-21(18-4-2-1-3-5-18)9-14-23(15-10-21)11-8-19(25)24-12-6-17(7-13-24)20(26)27/h1-5,17H,6-15H2,(H,26,27). The Kier molecular flexibility index (Phi) is 6.12. The van der Waals surface area contributed by atoms with Crippen LogP contribution in [0.3, 0.4) is 0 Å². The minimum atomic E-state index is -0.755. The number of likely N-dealkylation sites (tertiary alicyclic amines) is 2. The van der Waals surface area contributed by atoms with E-state index in [2.05, 4.69) is 11.0 Å². The number of nitriles is 1. The van der Waals surface area contributed by atoms with Gasteiger partial charge in [-0.25, -0.2) is 0 Å². The van der Waals surface area contributed by atoms with Gasteiger partial charge in [0.25, 0.3) is 0 Å². The molecule has 2 saturated heterocycles. The smallest absolute Gasteiger partial charge is 0.306 e. The van der Waals surface area contributed by atoms with Crippen molar-refractivity contribution in [3.8, 4) is 6.07 Å². The number of hydrogen-bond acceptors (Lipinski definition) is 4. The summed E-state index contributed by atoms with van der Waals surface area (Å²) in [5, 5.41) is 18.8. The number of carbonyl (C=O) groups excluding carboxylic acids is 1. The molecule has 0 spiro atoms. The number of carboxylic acid groups (broad SMARTS) is 1. The highest BCUT2D eigenvalue weighted by molar-refractivity contribution is 5.77. The Morgan fingerprint density at radius 2 is 1.74 bits per heavy atom. The van der Waals surface area contributed by atoms with Crippen LogP contribution in [0.1, 0.15) is 37.7 Å². The Morgan fingerprint density at radius 3 is 2.30 bits per heavy atom. The molecule has 1 amide bonds. The topological polar surface area (TPSA) is 84.6 Å². The first-order valence-corrected chi connectivity index (χ1v) is 9.74. The van der Waals surface area contributed by atoms with Crippen molar-refractivity contribution in [3.63, 3.8) is 0 Å². The fourth-order valence-corrected chi connectivity index (χ4v) is 4.17. The highest BCUT2D eigenvalue weighted by Crippen LogP contribution is 2.34. The molecule has 2 aliphatic rings. The second-order valence-electron chi connectivity index (χ2n) is 7.64. The van der Waals surface area contributed by atoms with E-state index in [1.165, 1.54) is 0 Å². The summed E-state index contributed by atoms with van der Waals surface area (Å²) in [6.07, 6.45) is 3.12. The van der Waals surface area contributed by atoms with Crippen molar-refractivity contribution in [1.82, 2.24) is 9.80 Å². The number of nitrogens with zero attached hydrogens (tertiary/aromatic N) is 3. The van der Waals surface area contributed by atoms with Gasteiger partial charge in [-0.2, -0.15) is 5.26 Å². The first-order chi connectivity index (χ1) is 13.0.